The van der Waals surface area contributed by atoms with Crippen molar-refractivity contribution in [3.8, 4) is 0 Å². The highest BCUT2D eigenvalue weighted by Crippen LogP contribution is 2.29. The van der Waals surface area contributed by atoms with E-state index in [0.717, 1.165) is 23.4 Å². The summed E-state index contributed by atoms with van der Waals surface area (Å²) in [5.41, 5.74) is 2.72. The van der Waals surface area contributed by atoms with Crippen LogP contribution in [0.5, 0.6) is 0 Å². The maximum atomic E-state index is 12.8. The molecule has 0 bridgehead atoms. The minimum Gasteiger partial charge on any atom is -0.339 e. The number of hydrogen-bond acceptors (Lipinski definition) is 6. The molecule has 1 amide bonds. The molecule has 0 saturated carbocycles. The number of hydrogen-bond donors (Lipinski definition) is 1. The number of likely N-dealkylation sites (N-methyl/N-ethyl adjacent to an activating group) is 1. The van der Waals surface area contributed by atoms with Crippen molar-refractivity contribution in [2.24, 2.45) is 0 Å². The smallest absolute Gasteiger partial charge is 0.245 e. The van der Waals surface area contributed by atoms with Gasteiger partial charge in [-0.15, -0.1) is 11.3 Å². The van der Waals surface area contributed by atoms with Gasteiger partial charge in [-0.2, -0.15) is 0 Å². The predicted molar refractivity (Wildman–Crippen MR) is 85.6 cm³/mol. The molecular weight excluding hydrogens is 322 g/mol. The van der Waals surface area contributed by atoms with E-state index in [-0.39, 0.29) is 11.7 Å². The number of fused-ring (bicyclic) bond motifs is 1. The molecule has 6 nitrogen and oxygen atoms in total. The summed E-state index contributed by atoms with van der Waals surface area (Å²) in [7, 11) is -1.31. The van der Waals surface area contributed by atoms with Crippen molar-refractivity contribution in [2.45, 2.75) is 37.0 Å². The molecule has 1 aromatic heterocycles. The Hall–Kier alpha value is -0.990. The van der Waals surface area contributed by atoms with Gasteiger partial charge in [0.05, 0.1) is 27.1 Å². The van der Waals surface area contributed by atoms with Gasteiger partial charge in [0.25, 0.3) is 0 Å². The molecule has 3 heterocycles. The fourth-order valence-corrected chi connectivity index (χ4v) is 6.07. The summed E-state index contributed by atoms with van der Waals surface area (Å²) in [6, 6.07) is -0.406. The fraction of sp³-hybridized carbons (Fsp3) is 0.714. The molecule has 0 radical (unpaired) electrons. The number of rotatable bonds is 3. The highest BCUT2D eigenvalue weighted by molar-refractivity contribution is 7.92. The number of carbonyl (C=O) groups excluding carboxylic acids is 1. The van der Waals surface area contributed by atoms with Crippen LogP contribution in [0.15, 0.2) is 5.51 Å². The lowest BCUT2D eigenvalue weighted by molar-refractivity contribution is -0.133. The van der Waals surface area contributed by atoms with E-state index in [9.17, 15) is 13.2 Å². The molecule has 2 unspecified atom stereocenters. The second-order valence-corrected chi connectivity index (χ2v) is 9.19. The first kappa shape index (κ1) is 15.9. The van der Waals surface area contributed by atoms with Gasteiger partial charge in [0, 0.05) is 19.5 Å². The number of carbonyl (C=O) groups is 1. The zero-order valence-corrected chi connectivity index (χ0v) is 14.3. The summed E-state index contributed by atoms with van der Waals surface area (Å²) in [5.74, 6) is 0.218. The van der Waals surface area contributed by atoms with Crippen molar-refractivity contribution in [2.75, 3.05) is 25.9 Å². The average Bonchev–Trinajstić information content (AvgIpc) is 2.89. The van der Waals surface area contributed by atoms with Gasteiger partial charge in [0.2, 0.25) is 5.91 Å². The SMILES string of the molecule is CNC1C(=O)N(CC2CCCCS2(=O)=O)CCc2ncsc21. The van der Waals surface area contributed by atoms with Gasteiger partial charge in [0.15, 0.2) is 9.84 Å². The molecule has 2 atom stereocenters. The molecule has 2 aliphatic rings. The number of thiazole rings is 1. The number of sulfone groups is 1. The van der Waals surface area contributed by atoms with Gasteiger partial charge in [0.1, 0.15) is 6.04 Å². The Morgan fingerprint density at radius 2 is 2.27 bits per heavy atom. The molecule has 2 aliphatic heterocycles. The van der Waals surface area contributed by atoms with E-state index >= 15 is 0 Å². The molecule has 8 heteroatoms. The van der Waals surface area contributed by atoms with Gasteiger partial charge in [-0.3, -0.25) is 4.79 Å². The highest BCUT2D eigenvalue weighted by atomic mass is 32.2. The topological polar surface area (TPSA) is 79.4 Å². The maximum Gasteiger partial charge on any atom is 0.245 e. The molecule has 0 aromatic carbocycles. The van der Waals surface area contributed by atoms with Crippen molar-refractivity contribution >= 4 is 27.1 Å². The Morgan fingerprint density at radius 3 is 3.00 bits per heavy atom. The zero-order valence-electron chi connectivity index (χ0n) is 12.6. The molecule has 0 spiro atoms. The quantitative estimate of drug-likeness (QED) is 0.876. The van der Waals surface area contributed by atoms with E-state index in [4.69, 9.17) is 0 Å². The third-order valence-electron chi connectivity index (χ3n) is 4.54. The molecule has 0 aliphatic carbocycles. The lowest BCUT2D eigenvalue weighted by Crippen LogP contribution is -2.46. The number of nitrogens with zero attached hydrogens (tertiary/aromatic N) is 2. The van der Waals surface area contributed by atoms with Crippen LogP contribution in [0.2, 0.25) is 0 Å². The molecule has 3 rings (SSSR count). The number of nitrogens with one attached hydrogen (secondary N) is 1. The van der Waals surface area contributed by atoms with E-state index in [0.29, 0.717) is 25.9 Å². The molecule has 1 aromatic rings. The van der Waals surface area contributed by atoms with Crippen LogP contribution in [0.1, 0.15) is 35.9 Å². The minimum absolute atomic E-state index is 0.0359. The van der Waals surface area contributed by atoms with Crippen LogP contribution >= 0.6 is 11.3 Å². The predicted octanol–water partition coefficient (Wildman–Crippen LogP) is 0.756. The van der Waals surface area contributed by atoms with Crippen LogP contribution in [0, 0.1) is 0 Å². The molecule has 122 valence electrons. The van der Waals surface area contributed by atoms with Gasteiger partial charge in [-0.1, -0.05) is 6.42 Å². The first-order chi connectivity index (χ1) is 10.5. The Bertz CT molecular complexity index is 656. The minimum atomic E-state index is -3.06. The summed E-state index contributed by atoms with van der Waals surface area (Å²) in [4.78, 5) is 19.8. The Balaban J connectivity index is 1.80. The third kappa shape index (κ3) is 2.91. The van der Waals surface area contributed by atoms with Crippen molar-refractivity contribution in [1.29, 1.82) is 0 Å². The van der Waals surface area contributed by atoms with Gasteiger partial charge < -0.3 is 10.2 Å². The average molecular weight is 343 g/mol. The van der Waals surface area contributed by atoms with Crippen molar-refractivity contribution in [3.63, 3.8) is 0 Å². The van der Waals surface area contributed by atoms with Crippen molar-refractivity contribution in [1.82, 2.24) is 15.2 Å². The Morgan fingerprint density at radius 1 is 1.45 bits per heavy atom. The summed E-state index contributed by atoms with van der Waals surface area (Å²) in [5, 5.41) is 2.64. The largest absolute Gasteiger partial charge is 0.339 e. The summed E-state index contributed by atoms with van der Waals surface area (Å²) < 4.78 is 24.4. The Kier molecular flexibility index (Phi) is 4.52. The summed E-state index contributed by atoms with van der Waals surface area (Å²) in [6.07, 6.45) is 3.02. The van der Waals surface area contributed by atoms with Crippen LogP contribution in [0.4, 0.5) is 0 Å². The van der Waals surface area contributed by atoms with Crippen molar-refractivity contribution in [3.05, 3.63) is 16.1 Å². The normalized spacial score (nSPS) is 28.2. The van der Waals surface area contributed by atoms with E-state index < -0.39 is 21.1 Å². The van der Waals surface area contributed by atoms with Gasteiger partial charge >= 0.3 is 0 Å². The van der Waals surface area contributed by atoms with Crippen LogP contribution in [-0.4, -0.2) is 55.3 Å². The molecular formula is C14H21N3O3S2. The fourth-order valence-electron chi connectivity index (χ4n) is 3.25. The molecule has 22 heavy (non-hydrogen) atoms. The van der Waals surface area contributed by atoms with Gasteiger partial charge in [-0.25, -0.2) is 13.4 Å². The highest BCUT2D eigenvalue weighted by Gasteiger charge is 2.36. The molecule has 1 N–H and O–H groups in total. The second-order valence-electron chi connectivity index (χ2n) is 5.90. The van der Waals surface area contributed by atoms with Crippen LogP contribution < -0.4 is 5.32 Å². The first-order valence-corrected chi connectivity index (χ1v) is 10.2. The van der Waals surface area contributed by atoms with E-state index in [1.807, 2.05) is 0 Å². The molecule has 1 fully saturated rings. The Labute approximate surface area is 134 Å². The first-order valence-electron chi connectivity index (χ1n) is 7.63. The standard InChI is InChI=1S/C14H21N3O3S2/c1-15-12-13-11(16-9-21-13)5-6-17(14(12)18)8-10-4-2-3-7-22(10,19)20/h9-10,12,15H,2-8H2,1H3. The lowest BCUT2D eigenvalue weighted by Gasteiger charge is -2.30. The monoisotopic (exact) mass is 343 g/mol. The second kappa shape index (κ2) is 6.25. The van der Waals surface area contributed by atoms with E-state index in [2.05, 4.69) is 10.3 Å². The zero-order chi connectivity index (χ0) is 15.7. The summed E-state index contributed by atoms with van der Waals surface area (Å²) >= 11 is 1.48. The van der Waals surface area contributed by atoms with Crippen LogP contribution in [0.25, 0.3) is 0 Å². The summed E-state index contributed by atoms with van der Waals surface area (Å²) in [6.45, 7) is 0.855. The van der Waals surface area contributed by atoms with Gasteiger partial charge in [-0.05, 0) is 19.9 Å². The number of amides is 1. The van der Waals surface area contributed by atoms with E-state index in [1.165, 1.54) is 11.3 Å². The van der Waals surface area contributed by atoms with Crippen LogP contribution in [-0.2, 0) is 21.1 Å². The van der Waals surface area contributed by atoms with Crippen molar-refractivity contribution < 1.29 is 13.2 Å². The maximum absolute atomic E-state index is 12.8. The third-order valence-corrected chi connectivity index (χ3v) is 7.73. The number of aromatic nitrogens is 1. The lowest BCUT2D eigenvalue weighted by atomic mass is 10.1. The van der Waals surface area contributed by atoms with E-state index in [1.54, 1.807) is 17.5 Å². The molecule has 1 saturated heterocycles. The van der Waals surface area contributed by atoms with Crippen LogP contribution in [0.3, 0.4) is 0 Å².